The summed E-state index contributed by atoms with van der Waals surface area (Å²) in [4.78, 5) is 28.9. The summed E-state index contributed by atoms with van der Waals surface area (Å²) >= 11 is 0. The van der Waals surface area contributed by atoms with E-state index in [4.69, 9.17) is 0 Å². The number of aryl methyl sites for hydroxylation is 2. The number of nitrogens with zero attached hydrogens (tertiary/aromatic N) is 2. The van der Waals surface area contributed by atoms with Crippen molar-refractivity contribution >= 4 is 27.5 Å². The van der Waals surface area contributed by atoms with Crippen LogP contribution in [0.25, 0.3) is 0 Å². The molecule has 0 aliphatic rings. The number of rotatable bonds is 13. The predicted octanol–water partition coefficient (Wildman–Crippen LogP) is 5.09. The highest BCUT2D eigenvalue weighted by Gasteiger charge is 2.34. The smallest absolute Gasteiger partial charge is 0.264 e. The lowest BCUT2D eigenvalue weighted by molar-refractivity contribution is -0.140. The highest BCUT2D eigenvalue weighted by atomic mass is 32.2. The predicted molar refractivity (Wildman–Crippen MR) is 156 cm³/mol. The van der Waals surface area contributed by atoms with Gasteiger partial charge in [0.1, 0.15) is 12.6 Å². The molecular formula is C31H39N3O4S. The molecule has 0 aliphatic heterocycles. The van der Waals surface area contributed by atoms with Crippen LogP contribution in [0.3, 0.4) is 0 Å². The van der Waals surface area contributed by atoms with Crippen LogP contribution in [0, 0.1) is 6.92 Å². The van der Waals surface area contributed by atoms with E-state index >= 15 is 0 Å². The standard InChI is InChI=1S/C31H39N3O4S/c1-5-21-32-31(36)28(7-3)33(22-25-19-17-24(4)18-20-25)30(35)23-34(29-16-12-11-13-26(29)6-2)39(37,38)27-14-9-8-10-15-27/h8-20,28H,5-7,21-23H2,1-4H3,(H,32,36)/t28-/m1/s1. The molecular weight excluding hydrogens is 510 g/mol. The Morgan fingerprint density at radius 3 is 2.13 bits per heavy atom. The zero-order chi connectivity index (χ0) is 28.4. The normalized spacial score (nSPS) is 12.0. The third-order valence-corrected chi connectivity index (χ3v) is 8.43. The summed E-state index contributed by atoms with van der Waals surface area (Å²) in [5.41, 5.74) is 3.21. The first kappa shape index (κ1) is 29.9. The molecule has 0 bridgehead atoms. The van der Waals surface area contributed by atoms with Crippen LogP contribution >= 0.6 is 0 Å². The summed E-state index contributed by atoms with van der Waals surface area (Å²) in [7, 11) is -4.08. The highest BCUT2D eigenvalue weighted by Crippen LogP contribution is 2.28. The van der Waals surface area contributed by atoms with Gasteiger partial charge in [-0.05, 0) is 55.5 Å². The number of hydrogen-bond donors (Lipinski definition) is 1. The minimum atomic E-state index is -4.08. The lowest BCUT2D eigenvalue weighted by Crippen LogP contribution is -2.52. The van der Waals surface area contributed by atoms with E-state index in [0.717, 1.165) is 23.1 Å². The van der Waals surface area contributed by atoms with Crippen LogP contribution in [-0.2, 0) is 32.6 Å². The van der Waals surface area contributed by atoms with E-state index in [1.807, 2.05) is 64.1 Å². The number of sulfonamides is 1. The molecule has 0 unspecified atom stereocenters. The first-order valence-electron chi connectivity index (χ1n) is 13.5. The van der Waals surface area contributed by atoms with Gasteiger partial charge in [0.15, 0.2) is 0 Å². The summed E-state index contributed by atoms with van der Waals surface area (Å²) in [6.07, 6.45) is 1.75. The van der Waals surface area contributed by atoms with Crippen molar-refractivity contribution < 1.29 is 18.0 Å². The van der Waals surface area contributed by atoms with E-state index in [-0.39, 0.29) is 17.3 Å². The molecule has 0 spiro atoms. The Bertz CT molecular complexity index is 1340. The molecule has 0 aliphatic carbocycles. The monoisotopic (exact) mass is 549 g/mol. The fourth-order valence-electron chi connectivity index (χ4n) is 4.46. The second kappa shape index (κ2) is 13.9. The summed E-state index contributed by atoms with van der Waals surface area (Å²) in [5, 5.41) is 2.91. The molecule has 0 saturated heterocycles. The van der Waals surface area contributed by atoms with E-state index in [0.29, 0.717) is 25.1 Å². The average Bonchev–Trinajstić information content (AvgIpc) is 2.95. The molecule has 0 heterocycles. The van der Waals surface area contributed by atoms with Crippen molar-refractivity contribution in [1.29, 1.82) is 0 Å². The molecule has 3 aromatic rings. The molecule has 1 atom stereocenters. The van der Waals surface area contributed by atoms with Crippen molar-refractivity contribution in [3.05, 3.63) is 95.6 Å². The number of carbonyl (C=O) groups is 2. The topological polar surface area (TPSA) is 86.8 Å². The summed E-state index contributed by atoms with van der Waals surface area (Å²) < 4.78 is 29.1. The number of amides is 2. The van der Waals surface area contributed by atoms with E-state index in [1.165, 1.54) is 21.3 Å². The lowest BCUT2D eigenvalue weighted by atomic mass is 10.1. The van der Waals surface area contributed by atoms with Gasteiger partial charge in [-0.15, -0.1) is 0 Å². The van der Waals surface area contributed by atoms with Crippen LogP contribution in [0.15, 0.2) is 83.8 Å². The first-order chi connectivity index (χ1) is 18.7. The Morgan fingerprint density at radius 1 is 0.872 bits per heavy atom. The van der Waals surface area contributed by atoms with Crippen molar-refractivity contribution in [3.63, 3.8) is 0 Å². The van der Waals surface area contributed by atoms with Crippen molar-refractivity contribution in [2.45, 2.75) is 64.4 Å². The van der Waals surface area contributed by atoms with Crippen LogP contribution < -0.4 is 9.62 Å². The van der Waals surface area contributed by atoms with E-state index < -0.39 is 28.5 Å². The number of benzene rings is 3. The minimum absolute atomic E-state index is 0.0986. The van der Waals surface area contributed by atoms with Crippen molar-refractivity contribution in [2.24, 2.45) is 0 Å². The van der Waals surface area contributed by atoms with Crippen LogP contribution in [-0.4, -0.2) is 44.3 Å². The number of anilines is 1. The maximum absolute atomic E-state index is 14.1. The van der Waals surface area contributed by atoms with Gasteiger partial charge >= 0.3 is 0 Å². The van der Waals surface area contributed by atoms with E-state index in [9.17, 15) is 18.0 Å². The molecule has 1 N–H and O–H groups in total. The fraction of sp³-hybridized carbons (Fsp3) is 0.355. The molecule has 7 nitrogen and oxygen atoms in total. The fourth-order valence-corrected chi connectivity index (χ4v) is 5.93. The third-order valence-electron chi connectivity index (χ3n) is 6.66. The van der Waals surface area contributed by atoms with Gasteiger partial charge in [0.05, 0.1) is 10.6 Å². The van der Waals surface area contributed by atoms with Gasteiger partial charge in [-0.25, -0.2) is 8.42 Å². The van der Waals surface area contributed by atoms with Gasteiger partial charge in [-0.2, -0.15) is 0 Å². The number of carbonyl (C=O) groups excluding carboxylic acids is 2. The number of para-hydroxylation sites is 1. The Kier molecular flexibility index (Phi) is 10.7. The van der Waals surface area contributed by atoms with Gasteiger partial charge in [0.25, 0.3) is 10.0 Å². The largest absolute Gasteiger partial charge is 0.354 e. The number of hydrogen-bond acceptors (Lipinski definition) is 4. The quantitative estimate of drug-likeness (QED) is 0.322. The summed E-state index contributed by atoms with van der Waals surface area (Å²) in [6.45, 7) is 8.01. The molecule has 8 heteroatoms. The minimum Gasteiger partial charge on any atom is -0.354 e. The lowest BCUT2D eigenvalue weighted by Gasteiger charge is -2.33. The Labute approximate surface area is 232 Å². The molecule has 0 aromatic heterocycles. The average molecular weight is 550 g/mol. The van der Waals surface area contributed by atoms with Crippen LogP contribution in [0.5, 0.6) is 0 Å². The molecule has 3 rings (SSSR count). The van der Waals surface area contributed by atoms with Gasteiger partial charge in [-0.3, -0.25) is 13.9 Å². The molecule has 3 aromatic carbocycles. The Hall–Kier alpha value is -3.65. The molecule has 208 valence electrons. The van der Waals surface area contributed by atoms with E-state index in [1.54, 1.807) is 30.3 Å². The highest BCUT2D eigenvalue weighted by molar-refractivity contribution is 7.92. The summed E-state index contributed by atoms with van der Waals surface area (Å²) in [5.74, 6) is -0.689. The SMILES string of the molecule is CCCNC(=O)[C@@H](CC)N(Cc1ccc(C)cc1)C(=O)CN(c1ccccc1CC)S(=O)(=O)c1ccccc1. The van der Waals surface area contributed by atoms with Crippen molar-refractivity contribution in [2.75, 3.05) is 17.4 Å². The maximum Gasteiger partial charge on any atom is 0.264 e. The van der Waals surface area contributed by atoms with Crippen LogP contribution in [0.2, 0.25) is 0 Å². The summed E-state index contributed by atoms with van der Waals surface area (Å²) in [6, 6.07) is 22.4. The molecule has 0 saturated carbocycles. The maximum atomic E-state index is 14.1. The Balaban J connectivity index is 2.07. The van der Waals surface area contributed by atoms with Gasteiger partial charge < -0.3 is 10.2 Å². The van der Waals surface area contributed by atoms with Crippen molar-refractivity contribution in [3.8, 4) is 0 Å². The number of nitrogens with one attached hydrogen (secondary N) is 1. The van der Waals surface area contributed by atoms with Crippen LogP contribution in [0.4, 0.5) is 5.69 Å². The zero-order valence-electron chi connectivity index (χ0n) is 23.3. The van der Waals surface area contributed by atoms with Gasteiger partial charge in [-0.1, -0.05) is 87.0 Å². The van der Waals surface area contributed by atoms with E-state index in [2.05, 4.69) is 5.32 Å². The first-order valence-corrected chi connectivity index (χ1v) is 14.9. The molecule has 39 heavy (non-hydrogen) atoms. The third kappa shape index (κ3) is 7.47. The van der Waals surface area contributed by atoms with Gasteiger partial charge in [0.2, 0.25) is 11.8 Å². The molecule has 0 radical (unpaired) electrons. The van der Waals surface area contributed by atoms with Crippen LogP contribution in [0.1, 0.15) is 50.3 Å². The van der Waals surface area contributed by atoms with Gasteiger partial charge in [0, 0.05) is 13.1 Å². The zero-order valence-corrected chi connectivity index (χ0v) is 24.1. The van der Waals surface area contributed by atoms with Crippen molar-refractivity contribution in [1.82, 2.24) is 10.2 Å². The second-order valence-electron chi connectivity index (χ2n) is 9.53. The molecule has 2 amide bonds. The Morgan fingerprint density at radius 2 is 1.51 bits per heavy atom. The molecule has 0 fully saturated rings. The second-order valence-corrected chi connectivity index (χ2v) is 11.4.